The number of nitrogens with zero attached hydrogens (tertiary/aromatic N) is 1. The van der Waals surface area contributed by atoms with Crippen LogP contribution in [0, 0.1) is 12.8 Å². The molecule has 0 heterocycles. The van der Waals surface area contributed by atoms with Gasteiger partial charge in [-0.1, -0.05) is 18.5 Å². The molecule has 1 aromatic carbocycles. The molecule has 1 aliphatic rings. The Morgan fingerprint density at radius 2 is 2.33 bits per heavy atom. The Morgan fingerprint density at radius 1 is 1.52 bits per heavy atom. The first-order valence-electron chi connectivity index (χ1n) is 7.28. The number of hydrogen-bond donors (Lipinski definition) is 1. The third-order valence-corrected chi connectivity index (χ3v) is 4.01. The highest BCUT2D eigenvalue weighted by Gasteiger charge is 2.14. The van der Waals surface area contributed by atoms with Crippen molar-refractivity contribution in [1.82, 2.24) is 5.43 Å². The van der Waals surface area contributed by atoms with Crippen LogP contribution in [0.4, 0.5) is 0 Å². The fraction of sp³-hybridized carbons (Fsp3) is 0.500. The molecule has 0 bridgehead atoms. The minimum atomic E-state index is -0.242. The fourth-order valence-corrected chi connectivity index (χ4v) is 2.51. The maximum absolute atomic E-state index is 11.7. The Hall–Kier alpha value is -1.55. The molecule has 1 aromatic rings. The van der Waals surface area contributed by atoms with Gasteiger partial charge in [0.25, 0.3) is 5.91 Å². The second kappa shape index (κ2) is 7.46. The number of ether oxygens (including phenoxy) is 1. The third-order valence-electron chi connectivity index (χ3n) is 3.58. The van der Waals surface area contributed by atoms with Crippen LogP contribution in [-0.2, 0) is 4.79 Å². The number of amides is 1. The van der Waals surface area contributed by atoms with Crippen molar-refractivity contribution in [1.29, 1.82) is 0 Å². The predicted octanol–water partition coefficient (Wildman–Crippen LogP) is 3.71. The topological polar surface area (TPSA) is 50.7 Å². The van der Waals surface area contributed by atoms with Crippen molar-refractivity contribution in [3.8, 4) is 5.75 Å². The van der Waals surface area contributed by atoms with Gasteiger partial charge in [0.1, 0.15) is 5.75 Å². The molecular formula is C16H21ClN2O2. The summed E-state index contributed by atoms with van der Waals surface area (Å²) in [6, 6.07) is 5.31. The van der Waals surface area contributed by atoms with Crippen molar-refractivity contribution < 1.29 is 9.53 Å². The molecule has 1 aliphatic carbocycles. The molecule has 0 saturated heterocycles. The average Bonchev–Trinajstić information content (AvgIpc) is 2.46. The molecule has 0 aliphatic heterocycles. The summed E-state index contributed by atoms with van der Waals surface area (Å²) in [4.78, 5) is 11.7. The number of rotatable bonds is 4. The largest absolute Gasteiger partial charge is 0.484 e. The molecule has 0 spiro atoms. The van der Waals surface area contributed by atoms with Gasteiger partial charge in [-0.3, -0.25) is 4.79 Å². The van der Waals surface area contributed by atoms with Gasteiger partial charge in [0.05, 0.1) is 0 Å². The van der Waals surface area contributed by atoms with E-state index in [1.807, 2.05) is 13.0 Å². The molecule has 114 valence electrons. The minimum absolute atomic E-state index is 0.0482. The van der Waals surface area contributed by atoms with Crippen molar-refractivity contribution >= 4 is 23.2 Å². The highest BCUT2D eigenvalue weighted by Crippen LogP contribution is 2.21. The molecule has 1 fully saturated rings. The van der Waals surface area contributed by atoms with Crippen molar-refractivity contribution in [2.45, 2.75) is 39.5 Å². The standard InChI is InChI=1S/C16H21ClN2O2/c1-11-4-3-5-13(8-11)18-19-16(20)10-21-14-6-7-15(17)12(2)9-14/h6-7,9,11H,3-5,8,10H2,1-2H3,(H,19,20). The second-order valence-corrected chi connectivity index (χ2v) is 6.02. The Morgan fingerprint density at radius 3 is 3.05 bits per heavy atom. The zero-order chi connectivity index (χ0) is 15.2. The van der Waals surface area contributed by atoms with Crippen molar-refractivity contribution in [2.24, 2.45) is 11.0 Å². The molecule has 5 heteroatoms. The zero-order valence-electron chi connectivity index (χ0n) is 12.5. The maximum atomic E-state index is 11.7. The van der Waals surface area contributed by atoms with Gasteiger partial charge >= 0.3 is 0 Å². The van der Waals surface area contributed by atoms with E-state index in [1.165, 1.54) is 6.42 Å². The van der Waals surface area contributed by atoms with E-state index in [0.29, 0.717) is 16.7 Å². The molecule has 4 nitrogen and oxygen atoms in total. The molecule has 1 N–H and O–H groups in total. The van der Waals surface area contributed by atoms with Crippen molar-refractivity contribution in [2.75, 3.05) is 6.61 Å². The number of hydrogen-bond acceptors (Lipinski definition) is 3. The number of nitrogens with one attached hydrogen (secondary N) is 1. The summed E-state index contributed by atoms with van der Waals surface area (Å²) in [5.41, 5.74) is 4.56. The molecule has 1 amide bonds. The van der Waals surface area contributed by atoms with Crippen LogP contribution >= 0.6 is 11.6 Å². The van der Waals surface area contributed by atoms with Gasteiger partial charge < -0.3 is 4.74 Å². The lowest BCUT2D eigenvalue weighted by molar-refractivity contribution is -0.123. The van der Waals surface area contributed by atoms with E-state index in [0.717, 1.165) is 30.5 Å². The number of benzene rings is 1. The van der Waals surface area contributed by atoms with Gasteiger partial charge in [0.2, 0.25) is 0 Å². The summed E-state index contributed by atoms with van der Waals surface area (Å²) >= 11 is 5.94. The second-order valence-electron chi connectivity index (χ2n) is 5.61. The summed E-state index contributed by atoms with van der Waals surface area (Å²) in [5.74, 6) is 1.04. The van der Waals surface area contributed by atoms with Crippen molar-refractivity contribution in [3.63, 3.8) is 0 Å². The van der Waals surface area contributed by atoms with Crippen LogP contribution in [0.1, 0.15) is 38.2 Å². The first kappa shape index (κ1) is 15.8. The first-order valence-corrected chi connectivity index (χ1v) is 7.65. The first-order chi connectivity index (χ1) is 10.0. The number of aryl methyl sites for hydroxylation is 1. The quantitative estimate of drug-likeness (QED) is 0.862. The Kier molecular flexibility index (Phi) is 5.62. The average molecular weight is 309 g/mol. The molecule has 21 heavy (non-hydrogen) atoms. The van der Waals surface area contributed by atoms with E-state index < -0.39 is 0 Å². The minimum Gasteiger partial charge on any atom is -0.484 e. The van der Waals surface area contributed by atoms with Crippen LogP contribution in [0.3, 0.4) is 0 Å². The predicted molar refractivity (Wildman–Crippen MR) is 84.9 cm³/mol. The number of halogens is 1. The van der Waals surface area contributed by atoms with Crippen LogP contribution in [0.5, 0.6) is 5.75 Å². The van der Waals surface area contributed by atoms with Gasteiger partial charge in [-0.05, 0) is 62.3 Å². The van der Waals surface area contributed by atoms with E-state index in [9.17, 15) is 4.79 Å². The van der Waals surface area contributed by atoms with E-state index in [-0.39, 0.29) is 12.5 Å². The van der Waals surface area contributed by atoms with Crippen LogP contribution in [0.15, 0.2) is 23.3 Å². The van der Waals surface area contributed by atoms with E-state index >= 15 is 0 Å². The third kappa shape index (κ3) is 5.05. The molecule has 2 rings (SSSR count). The van der Waals surface area contributed by atoms with Gasteiger partial charge in [-0.15, -0.1) is 0 Å². The van der Waals surface area contributed by atoms with Gasteiger partial charge in [0.15, 0.2) is 6.61 Å². The molecule has 0 radical (unpaired) electrons. The monoisotopic (exact) mass is 308 g/mol. The van der Waals surface area contributed by atoms with Crippen LogP contribution in [0.25, 0.3) is 0 Å². The van der Waals surface area contributed by atoms with Gasteiger partial charge in [0, 0.05) is 10.7 Å². The summed E-state index contributed by atoms with van der Waals surface area (Å²) in [6.45, 7) is 4.06. The summed E-state index contributed by atoms with van der Waals surface area (Å²) < 4.78 is 5.42. The summed E-state index contributed by atoms with van der Waals surface area (Å²) in [6.07, 6.45) is 4.34. The number of hydrazone groups is 1. The smallest absolute Gasteiger partial charge is 0.277 e. The number of carbonyl (C=O) groups is 1. The van der Waals surface area contributed by atoms with Crippen LogP contribution in [0.2, 0.25) is 5.02 Å². The molecular weight excluding hydrogens is 288 g/mol. The SMILES string of the molecule is Cc1cc(OCC(=O)NN=C2CCCC(C)C2)ccc1Cl. The zero-order valence-corrected chi connectivity index (χ0v) is 13.2. The highest BCUT2D eigenvalue weighted by atomic mass is 35.5. The Labute approximate surface area is 130 Å². The Balaban J connectivity index is 1.79. The van der Waals surface area contributed by atoms with E-state index in [4.69, 9.17) is 16.3 Å². The van der Waals surface area contributed by atoms with Gasteiger partial charge in [-0.2, -0.15) is 5.10 Å². The lowest BCUT2D eigenvalue weighted by Crippen LogP contribution is -2.27. The lowest BCUT2D eigenvalue weighted by atomic mass is 9.89. The summed E-state index contributed by atoms with van der Waals surface area (Å²) in [7, 11) is 0. The molecule has 1 atom stereocenters. The molecule has 1 unspecified atom stereocenters. The van der Waals surface area contributed by atoms with Gasteiger partial charge in [-0.25, -0.2) is 5.43 Å². The maximum Gasteiger partial charge on any atom is 0.277 e. The summed E-state index contributed by atoms with van der Waals surface area (Å²) in [5, 5.41) is 4.88. The van der Waals surface area contributed by atoms with E-state index in [2.05, 4.69) is 17.5 Å². The highest BCUT2D eigenvalue weighted by molar-refractivity contribution is 6.31. The molecule has 1 saturated carbocycles. The normalized spacial score (nSPS) is 20.3. The van der Waals surface area contributed by atoms with Crippen molar-refractivity contribution in [3.05, 3.63) is 28.8 Å². The lowest BCUT2D eigenvalue weighted by Gasteiger charge is -2.18. The fourth-order valence-electron chi connectivity index (χ4n) is 2.39. The molecule has 0 aromatic heterocycles. The number of carbonyl (C=O) groups excluding carboxylic acids is 1. The van der Waals surface area contributed by atoms with Crippen LogP contribution < -0.4 is 10.2 Å². The Bertz CT molecular complexity index is 543. The van der Waals surface area contributed by atoms with E-state index in [1.54, 1.807) is 12.1 Å². The van der Waals surface area contributed by atoms with Crippen LogP contribution in [-0.4, -0.2) is 18.2 Å².